The third-order valence-corrected chi connectivity index (χ3v) is 5.42. The Morgan fingerprint density at radius 2 is 1.50 bits per heavy atom. The average molecular weight is 432 g/mol. The summed E-state index contributed by atoms with van der Waals surface area (Å²) in [4.78, 5) is 27.4. The molecule has 0 bridgehead atoms. The summed E-state index contributed by atoms with van der Waals surface area (Å²) in [7, 11) is 0. The number of imide groups is 1. The van der Waals surface area contributed by atoms with E-state index in [4.69, 9.17) is 0 Å². The van der Waals surface area contributed by atoms with Gasteiger partial charge in [-0.25, -0.2) is 13.7 Å². The second kappa shape index (κ2) is 8.38. The van der Waals surface area contributed by atoms with Crippen LogP contribution in [0.15, 0.2) is 72.4 Å². The Labute approximate surface area is 185 Å². The number of halogens is 2. The molecule has 4 nitrogen and oxygen atoms in total. The third kappa shape index (κ3) is 3.91. The molecule has 32 heavy (non-hydrogen) atoms. The fraction of sp³-hybridized carbons (Fsp3) is 0.154. The maximum absolute atomic E-state index is 14.5. The first kappa shape index (κ1) is 21.4. The number of carbonyl (C=O) groups excluding carboxylic acids is 2. The van der Waals surface area contributed by atoms with Crippen molar-refractivity contribution in [2.24, 2.45) is 0 Å². The fourth-order valence-electron chi connectivity index (χ4n) is 3.61. The summed E-state index contributed by atoms with van der Waals surface area (Å²) in [6, 6.07) is 17.4. The van der Waals surface area contributed by atoms with Gasteiger partial charge in [-0.3, -0.25) is 9.59 Å². The van der Waals surface area contributed by atoms with Gasteiger partial charge in [0, 0.05) is 11.8 Å². The van der Waals surface area contributed by atoms with E-state index in [0.717, 1.165) is 28.2 Å². The van der Waals surface area contributed by atoms with Crippen molar-refractivity contribution in [1.82, 2.24) is 0 Å². The first-order valence-corrected chi connectivity index (χ1v) is 10.3. The van der Waals surface area contributed by atoms with Crippen LogP contribution in [0.25, 0.3) is 5.57 Å². The zero-order valence-corrected chi connectivity index (χ0v) is 17.9. The molecular weight excluding hydrogens is 410 g/mol. The van der Waals surface area contributed by atoms with Crippen LogP contribution in [0, 0.1) is 18.6 Å². The molecular formula is C26H22F2N2O2. The Morgan fingerprint density at radius 1 is 0.844 bits per heavy atom. The predicted molar refractivity (Wildman–Crippen MR) is 121 cm³/mol. The number of carbonyl (C=O) groups is 2. The SMILES string of the molecule is Cc1ccc(C2=C(Nc3ccc(C(C)C)cc3)C(=O)N(c3ccc(F)cc3F)C2=O)cc1. The minimum Gasteiger partial charge on any atom is -0.350 e. The monoisotopic (exact) mass is 432 g/mol. The molecule has 0 saturated carbocycles. The molecule has 3 aromatic rings. The molecule has 162 valence electrons. The van der Waals surface area contributed by atoms with Crippen LogP contribution in [0.4, 0.5) is 20.2 Å². The lowest BCUT2D eigenvalue weighted by atomic mass is 10.0. The summed E-state index contributed by atoms with van der Waals surface area (Å²) in [5, 5.41) is 3.05. The van der Waals surface area contributed by atoms with Gasteiger partial charge in [0.2, 0.25) is 0 Å². The lowest BCUT2D eigenvalue weighted by Gasteiger charge is -2.16. The summed E-state index contributed by atoms with van der Waals surface area (Å²) in [5.74, 6) is -2.81. The van der Waals surface area contributed by atoms with E-state index in [-0.39, 0.29) is 17.0 Å². The average Bonchev–Trinajstić information content (AvgIpc) is 2.99. The van der Waals surface area contributed by atoms with Crippen LogP contribution in [0.1, 0.15) is 36.5 Å². The van der Waals surface area contributed by atoms with Crippen LogP contribution in [0.5, 0.6) is 0 Å². The van der Waals surface area contributed by atoms with Crippen LogP contribution >= 0.6 is 0 Å². The van der Waals surface area contributed by atoms with E-state index >= 15 is 0 Å². The van der Waals surface area contributed by atoms with Crippen molar-refractivity contribution >= 4 is 28.8 Å². The maximum Gasteiger partial charge on any atom is 0.282 e. The van der Waals surface area contributed by atoms with Gasteiger partial charge >= 0.3 is 0 Å². The second-order valence-electron chi connectivity index (χ2n) is 8.06. The second-order valence-corrected chi connectivity index (χ2v) is 8.06. The Bertz CT molecular complexity index is 1230. The van der Waals surface area contributed by atoms with Crippen LogP contribution in [-0.2, 0) is 9.59 Å². The Hall–Kier alpha value is -3.80. The molecule has 4 rings (SSSR count). The van der Waals surface area contributed by atoms with Crippen molar-refractivity contribution < 1.29 is 18.4 Å². The smallest absolute Gasteiger partial charge is 0.282 e. The minimum absolute atomic E-state index is 0.0416. The largest absolute Gasteiger partial charge is 0.350 e. The molecule has 0 atom stereocenters. The zero-order valence-electron chi connectivity index (χ0n) is 17.9. The third-order valence-electron chi connectivity index (χ3n) is 5.42. The van der Waals surface area contributed by atoms with E-state index in [1.807, 2.05) is 43.3 Å². The number of rotatable bonds is 5. The molecule has 0 radical (unpaired) electrons. The highest BCUT2D eigenvalue weighted by Gasteiger charge is 2.41. The number of benzene rings is 3. The molecule has 2 amide bonds. The van der Waals surface area contributed by atoms with Gasteiger partial charge in [0.15, 0.2) is 0 Å². The van der Waals surface area contributed by atoms with E-state index in [2.05, 4.69) is 19.2 Å². The number of aryl methyl sites for hydroxylation is 1. The summed E-state index contributed by atoms with van der Waals surface area (Å²) in [6.45, 7) is 6.07. The van der Waals surface area contributed by atoms with Crippen molar-refractivity contribution in [1.29, 1.82) is 0 Å². The van der Waals surface area contributed by atoms with Crippen molar-refractivity contribution in [3.05, 3.63) is 101 Å². The van der Waals surface area contributed by atoms with Gasteiger partial charge in [-0.05, 0) is 48.2 Å². The molecule has 0 saturated heterocycles. The maximum atomic E-state index is 14.5. The molecule has 0 aromatic heterocycles. The molecule has 1 N–H and O–H groups in total. The van der Waals surface area contributed by atoms with E-state index < -0.39 is 23.4 Å². The Morgan fingerprint density at radius 3 is 2.09 bits per heavy atom. The standard InChI is InChI=1S/C26H22F2N2O2/c1-15(2)17-8-11-20(12-9-17)29-24-23(18-6-4-16(3)5-7-18)25(31)30(26(24)32)22-13-10-19(27)14-21(22)28/h4-15,29H,1-3H3. The molecule has 0 aliphatic carbocycles. The molecule has 0 fully saturated rings. The van der Waals surface area contributed by atoms with Crippen molar-refractivity contribution in [3.63, 3.8) is 0 Å². The highest BCUT2D eigenvalue weighted by Crippen LogP contribution is 2.35. The van der Waals surface area contributed by atoms with Gasteiger partial charge in [0.1, 0.15) is 17.3 Å². The van der Waals surface area contributed by atoms with E-state index in [9.17, 15) is 18.4 Å². The first-order valence-electron chi connectivity index (χ1n) is 10.3. The van der Waals surface area contributed by atoms with E-state index in [1.165, 1.54) is 0 Å². The normalized spacial score (nSPS) is 14.0. The number of nitrogens with one attached hydrogen (secondary N) is 1. The van der Waals surface area contributed by atoms with E-state index in [1.54, 1.807) is 12.1 Å². The van der Waals surface area contributed by atoms with Gasteiger partial charge in [-0.2, -0.15) is 0 Å². The molecule has 1 aliphatic heterocycles. The Kier molecular flexibility index (Phi) is 5.61. The summed E-state index contributed by atoms with van der Waals surface area (Å²) in [5.41, 5.74) is 3.15. The van der Waals surface area contributed by atoms with Gasteiger partial charge in [0.05, 0.1) is 11.3 Å². The summed E-state index contributed by atoms with van der Waals surface area (Å²) < 4.78 is 27.9. The van der Waals surface area contributed by atoms with Crippen LogP contribution in [0.2, 0.25) is 0 Å². The first-order chi connectivity index (χ1) is 15.3. The van der Waals surface area contributed by atoms with E-state index in [0.29, 0.717) is 23.2 Å². The van der Waals surface area contributed by atoms with Gasteiger partial charge < -0.3 is 5.32 Å². The van der Waals surface area contributed by atoms with Gasteiger partial charge in [-0.1, -0.05) is 55.8 Å². The highest BCUT2D eigenvalue weighted by atomic mass is 19.1. The number of hydrogen-bond donors (Lipinski definition) is 1. The number of nitrogens with zero attached hydrogens (tertiary/aromatic N) is 1. The molecule has 1 heterocycles. The van der Waals surface area contributed by atoms with Crippen LogP contribution in [-0.4, -0.2) is 11.8 Å². The molecule has 0 spiro atoms. The molecule has 6 heteroatoms. The summed E-state index contributed by atoms with van der Waals surface area (Å²) >= 11 is 0. The van der Waals surface area contributed by atoms with Crippen LogP contribution in [0.3, 0.4) is 0 Å². The quantitative estimate of drug-likeness (QED) is 0.519. The topological polar surface area (TPSA) is 49.4 Å². The van der Waals surface area contributed by atoms with Crippen molar-refractivity contribution in [2.45, 2.75) is 26.7 Å². The van der Waals surface area contributed by atoms with Crippen LogP contribution < -0.4 is 10.2 Å². The number of hydrogen-bond acceptors (Lipinski definition) is 3. The minimum atomic E-state index is -0.988. The van der Waals surface area contributed by atoms with Gasteiger partial charge in [0.25, 0.3) is 11.8 Å². The molecule has 3 aromatic carbocycles. The number of anilines is 2. The lowest BCUT2D eigenvalue weighted by molar-refractivity contribution is -0.120. The highest BCUT2D eigenvalue weighted by molar-refractivity contribution is 6.46. The van der Waals surface area contributed by atoms with Crippen molar-refractivity contribution in [2.75, 3.05) is 10.2 Å². The Balaban J connectivity index is 1.80. The number of amides is 2. The molecule has 0 unspecified atom stereocenters. The fourth-order valence-corrected chi connectivity index (χ4v) is 3.61. The lowest BCUT2D eigenvalue weighted by Crippen LogP contribution is -2.33. The molecule has 1 aliphatic rings. The summed E-state index contributed by atoms with van der Waals surface area (Å²) in [6.07, 6.45) is 0. The van der Waals surface area contributed by atoms with Gasteiger partial charge in [-0.15, -0.1) is 0 Å². The zero-order chi connectivity index (χ0) is 23.0. The van der Waals surface area contributed by atoms with Crippen molar-refractivity contribution in [3.8, 4) is 0 Å². The predicted octanol–water partition coefficient (Wildman–Crippen LogP) is 5.79.